The van der Waals surface area contributed by atoms with E-state index in [-0.39, 0.29) is 97.3 Å². The summed E-state index contributed by atoms with van der Waals surface area (Å²) in [6.07, 6.45) is 0. The first-order chi connectivity index (χ1) is 1.00. The zero-order valence-corrected chi connectivity index (χ0v) is 9.16. The van der Waals surface area contributed by atoms with E-state index in [0.29, 0.717) is 0 Å². The van der Waals surface area contributed by atoms with E-state index in [9.17, 15) is 0 Å². The Hall–Kier alpha value is 2.78. The molecule has 0 aliphatic carbocycles. The van der Waals surface area contributed by atoms with Crippen LogP contribution in [-0.4, -0.2) is 0 Å². The first kappa shape index (κ1) is 25.0. The summed E-state index contributed by atoms with van der Waals surface area (Å²) in [4.78, 5) is 0. The second-order valence-electron chi connectivity index (χ2n) is 0. The molecule has 0 aromatic heterocycles. The van der Waals surface area contributed by atoms with Crippen LogP contribution in [0.5, 0.6) is 0 Å². The Balaban J connectivity index is -0.00000000167. The maximum absolute atomic E-state index is 4.25. The van der Waals surface area contributed by atoms with Crippen molar-refractivity contribution in [3.05, 3.63) is 13.2 Å². The van der Waals surface area contributed by atoms with Crippen molar-refractivity contribution in [3.63, 3.8) is 0 Å². The standard InChI is InChI=1S/C2H3.Eu.2HI/c1-2;;;/h1H,2H2;;2*1H/q-1;+3;;/p-2. The van der Waals surface area contributed by atoms with Crippen molar-refractivity contribution in [2.24, 2.45) is 0 Å². The monoisotopic (exact) mass is 434 g/mol. The molecule has 0 amide bonds. The van der Waals surface area contributed by atoms with Gasteiger partial charge in [-0.2, -0.15) is 0 Å². The Bertz CT molecular complexity index is 7.61. The van der Waals surface area contributed by atoms with E-state index in [2.05, 4.69) is 13.2 Å². The van der Waals surface area contributed by atoms with Crippen LogP contribution in [0.1, 0.15) is 0 Å². The SMILES string of the molecule is [CH-]=C.[Eu+3].[I-].[I-]. The third kappa shape index (κ3) is 20.0. The van der Waals surface area contributed by atoms with E-state index in [1.165, 1.54) is 0 Å². The van der Waals surface area contributed by atoms with Gasteiger partial charge in [0.2, 0.25) is 0 Å². The smallest absolute Gasteiger partial charge is 1.00 e. The topological polar surface area (TPSA) is 0 Å². The van der Waals surface area contributed by atoms with Crippen LogP contribution in [0.2, 0.25) is 0 Å². The van der Waals surface area contributed by atoms with Crippen molar-refractivity contribution in [3.8, 4) is 0 Å². The molecule has 0 aromatic carbocycles. The van der Waals surface area contributed by atoms with E-state index in [0.717, 1.165) is 0 Å². The van der Waals surface area contributed by atoms with Gasteiger partial charge in [-0.1, -0.05) is 0 Å². The Morgan fingerprint density at radius 2 is 1.00 bits per heavy atom. The van der Waals surface area contributed by atoms with Crippen molar-refractivity contribution in [1.29, 1.82) is 0 Å². The molecular weight excluding hydrogens is 430 g/mol. The fourth-order valence-electron chi connectivity index (χ4n) is 0. The van der Waals surface area contributed by atoms with Gasteiger partial charge in [-0.25, -0.2) is 0 Å². The molecule has 0 aliphatic rings. The molecule has 3 heteroatoms. The van der Waals surface area contributed by atoms with Crippen LogP contribution in [0, 0.1) is 56.0 Å². The fraction of sp³-hybridized carbons (Fsp3) is 0. The molecule has 0 bridgehead atoms. The predicted molar refractivity (Wildman–Crippen MR) is 9.93 cm³/mol. The molecule has 0 saturated carbocycles. The van der Waals surface area contributed by atoms with Crippen molar-refractivity contribution in [1.82, 2.24) is 0 Å². The van der Waals surface area contributed by atoms with Gasteiger partial charge in [-0.05, 0) is 0 Å². The largest absolute Gasteiger partial charge is 3.00 e. The zero-order chi connectivity index (χ0) is 2.00. The Morgan fingerprint density at radius 3 is 1.00 bits per heavy atom. The summed E-state index contributed by atoms with van der Waals surface area (Å²) < 4.78 is 0. The molecule has 0 heterocycles. The maximum Gasteiger partial charge on any atom is 3.00 e. The van der Waals surface area contributed by atoms with Crippen LogP contribution in [-0.2, 0) is 0 Å². The van der Waals surface area contributed by atoms with Crippen molar-refractivity contribution in [2.75, 3.05) is 0 Å². The van der Waals surface area contributed by atoms with Crippen LogP contribution in [0.4, 0.5) is 0 Å². The van der Waals surface area contributed by atoms with E-state index < -0.39 is 0 Å². The van der Waals surface area contributed by atoms with Crippen LogP contribution in [0.3, 0.4) is 0 Å². The van der Waals surface area contributed by atoms with Crippen LogP contribution < -0.4 is 48.0 Å². The Kier molecular flexibility index (Phi) is 147. The molecule has 0 N–H and O–H groups in total. The molecule has 0 aromatic rings. The van der Waals surface area contributed by atoms with Gasteiger partial charge in [-0.15, -0.1) is 0 Å². The second kappa shape index (κ2) is 29.3. The summed E-state index contributed by atoms with van der Waals surface area (Å²) in [6, 6.07) is 0. The van der Waals surface area contributed by atoms with Gasteiger partial charge in [0, 0.05) is 0 Å². The van der Waals surface area contributed by atoms with Gasteiger partial charge in [-0.3, -0.25) is 6.58 Å². The molecule has 0 radical (unpaired) electrons. The number of hydrogen-bond acceptors (Lipinski definition) is 0. The normalized spacial score (nSPS) is 0.800. The quantitative estimate of drug-likeness (QED) is 0.265. The summed E-state index contributed by atoms with van der Waals surface area (Å²) >= 11 is 0. The molecule has 32 valence electrons. The number of halogens is 2. The van der Waals surface area contributed by atoms with Crippen LogP contribution in [0.15, 0.2) is 6.58 Å². The molecule has 0 atom stereocenters. The molecule has 0 rings (SSSR count). The minimum atomic E-state index is 0. The van der Waals surface area contributed by atoms with E-state index >= 15 is 0 Å². The molecule has 0 saturated heterocycles. The van der Waals surface area contributed by atoms with E-state index in [4.69, 9.17) is 0 Å². The van der Waals surface area contributed by atoms with Gasteiger partial charge in [0.05, 0.1) is 0 Å². The number of hydrogen-bond donors (Lipinski definition) is 0. The van der Waals surface area contributed by atoms with Gasteiger partial charge < -0.3 is 54.5 Å². The molecule has 0 fully saturated rings. The van der Waals surface area contributed by atoms with Gasteiger partial charge >= 0.3 is 49.4 Å². The molecule has 0 nitrogen and oxygen atoms in total. The summed E-state index contributed by atoms with van der Waals surface area (Å²) in [6.45, 7) is 7.00. The van der Waals surface area contributed by atoms with E-state index in [1.54, 1.807) is 0 Å². The van der Waals surface area contributed by atoms with Gasteiger partial charge in [0.25, 0.3) is 0 Å². The van der Waals surface area contributed by atoms with Crippen LogP contribution >= 0.6 is 0 Å². The zero-order valence-electron chi connectivity index (χ0n) is 2.42. The maximum atomic E-state index is 4.25. The van der Waals surface area contributed by atoms with Crippen molar-refractivity contribution in [2.45, 2.75) is 0 Å². The van der Waals surface area contributed by atoms with E-state index in [1.807, 2.05) is 0 Å². The van der Waals surface area contributed by atoms with Crippen molar-refractivity contribution < 1.29 is 97.3 Å². The molecule has 0 unspecified atom stereocenters. The summed E-state index contributed by atoms with van der Waals surface area (Å²) in [5.41, 5.74) is 0. The van der Waals surface area contributed by atoms with Crippen molar-refractivity contribution >= 4 is 0 Å². The predicted octanol–water partition coefficient (Wildman–Crippen LogP) is -5.39. The third-order valence-electron chi connectivity index (χ3n) is 0. The molecular formula is C2H3EuI2. The minimum absolute atomic E-state index is 0. The Labute approximate surface area is 108 Å². The fourth-order valence-corrected chi connectivity index (χ4v) is 0. The van der Waals surface area contributed by atoms with Gasteiger partial charge in [0.15, 0.2) is 0 Å². The summed E-state index contributed by atoms with van der Waals surface area (Å²) in [5.74, 6) is 0. The summed E-state index contributed by atoms with van der Waals surface area (Å²) in [5, 5.41) is 0. The third-order valence-corrected chi connectivity index (χ3v) is 0. The second-order valence-corrected chi connectivity index (χ2v) is 0. The number of rotatable bonds is 0. The first-order valence-corrected chi connectivity index (χ1v) is 0.408. The molecule has 5 heavy (non-hydrogen) atoms. The van der Waals surface area contributed by atoms with Gasteiger partial charge in [0.1, 0.15) is 0 Å². The average Bonchev–Trinajstić information content (AvgIpc) is 1.00. The summed E-state index contributed by atoms with van der Waals surface area (Å²) in [7, 11) is 0. The molecule has 0 spiro atoms. The molecule has 0 aliphatic heterocycles. The average molecular weight is 433 g/mol. The Morgan fingerprint density at radius 1 is 1.00 bits per heavy atom. The minimum Gasteiger partial charge on any atom is -1.00 e. The first-order valence-electron chi connectivity index (χ1n) is 0.408. The van der Waals surface area contributed by atoms with Crippen LogP contribution in [0.25, 0.3) is 0 Å².